The summed E-state index contributed by atoms with van der Waals surface area (Å²) < 4.78 is 40.4. The number of nitrogens with one attached hydrogen (secondary N) is 1. The zero-order chi connectivity index (χ0) is 18.7. The van der Waals surface area contributed by atoms with E-state index in [2.05, 4.69) is 19.7 Å². The van der Waals surface area contributed by atoms with Crippen molar-refractivity contribution < 1.29 is 23.0 Å². The van der Waals surface area contributed by atoms with E-state index in [-0.39, 0.29) is 5.75 Å². The van der Waals surface area contributed by atoms with Crippen LogP contribution in [-0.2, 0) is 5.75 Å². The SMILES string of the molecule is COc1ccnc(CSc2nc3cc(OC(F)(F)Cl)ccc3[nH]2)c1OC. The van der Waals surface area contributed by atoms with Gasteiger partial charge in [0.1, 0.15) is 5.75 Å². The number of nitrogens with zero attached hydrogens (tertiary/aromatic N) is 2. The Labute approximate surface area is 156 Å². The van der Waals surface area contributed by atoms with Gasteiger partial charge in [0.15, 0.2) is 16.7 Å². The zero-order valence-corrected chi connectivity index (χ0v) is 15.3. The number of halogens is 3. The topological polar surface area (TPSA) is 69.3 Å². The third kappa shape index (κ3) is 4.28. The molecule has 2 heterocycles. The van der Waals surface area contributed by atoms with Gasteiger partial charge in [0.2, 0.25) is 0 Å². The monoisotopic (exact) mass is 401 g/mol. The van der Waals surface area contributed by atoms with Crippen molar-refractivity contribution in [3.05, 3.63) is 36.2 Å². The molecule has 0 fully saturated rings. The standard InChI is InChI=1S/C16H14ClF2N3O3S/c1-23-13-5-6-20-12(14(13)24-2)8-26-15-21-10-4-3-9(7-11(10)22-15)25-16(17,18)19/h3-7H,8H2,1-2H3,(H,21,22). The van der Waals surface area contributed by atoms with Gasteiger partial charge in [-0.1, -0.05) is 11.8 Å². The first kappa shape index (κ1) is 18.5. The fourth-order valence-electron chi connectivity index (χ4n) is 2.32. The average Bonchev–Trinajstić information content (AvgIpc) is 3.00. The summed E-state index contributed by atoms with van der Waals surface area (Å²) in [5, 5.41) is 0.599. The molecule has 1 aromatic carbocycles. The highest BCUT2D eigenvalue weighted by atomic mass is 35.5. The smallest absolute Gasteiger partial charge is 0.487 e. The molecule has 0 spiro atoms. The molecule has 138 valence electrons. The van der Waals surface area contributed by atoms with Crippen molar-refractivity contribution in [1.29, 1.82) is 0 Å². The van der Waals surface area contributed by atoms with E-state index < -0.39 is 5.57 Å². The third-order valence-corrected chi connectivity index (χ3v) is 4.34. The molecule has 10 heteroatoms. The van der Waals surface area contributed by atoms with Crippen LogP contribution < -0.4 is 14.2 Å². The molecule has 0 amide bonds. The third-order valence-electron chi connectivity index (χ3n) is 3.38. The summed E-state index contributed by atoms with van der Waals surface area (Å²) >= 11 is 6.17. The van der Waals surface area contributed by atoms with E-state index in [1.165, 1.54) is 23.9 Å². The number of imidazole rings is 1. The number of aromatic nitrogens is 3. The van der Waals surface area contributed by atoms with E-state index in [1.54, 1.807) is 32.5 Å². The van der Waals surface area contributed by atoms with Gasteiger partial charge in [-0.05, 0) is 12.1 Å². The minimum atomic E-state index is -3.77. The maximum Gasteiger partial charge on any atom is 0.487 e. The van der Waals surface area contributed by atoms with Gasteiger partial charge in [-0.2, -0.15) is 0 Å². The largest absolute Gasteiger partial charge is 0.493 e. The number of hydrogen-bond donors (Lipinski definition) is 1. The van der Waals surface area contributed by atoms with Crippen LogP contribution in [0.2, 0.25) is 0 Å². The molecule has 0 aliphatic heterocycles. The van der Waals surface area contributed by atoms with Crippen molar-refractivity contribution in [3.63, 3.8) is 0 Å². The van der Waals surface area contributed by atoms with E-state index in [1.807, 2.05) is 0 Å². The molecule has 2 aromatic heterocycles. The average molecular weight is 402 g/mol. The summed E-state index contributed by atoms with van der Waals surface area (Å²) in [6.45, 7) is 0. The van der Waals surface area contributed by atoms with Gasteiger partial charge in [0, 0.05) is 35.7 Å². The van der Waals surface area contributed by atoms with Gasteiger partial charge in [-0.25, -0.2) is 4.98 Å². The molecule has 0 radical (unpaired) electrons. The Kier molecular flexibility index (Phi) is 5.38. The Balaban J connectivity index is 1.78. The zero-order valence-electron chi connectivity index (χ0n) is 13.8. The lowest BCUT2D eigenvalue weighted by Crippen LogP contribution is -2.15. The maximum absolute atomic E-state index is 12.7. The predicted octanol–water partition coefficient (Wildman–Crippen LogP) is 4.44. The highest BCUT2D eigenvalue weighted by molar-refractivity contribution is 7.98. The molecular formula is C16H14ClF2N3O3S. The fourth-order valence-corrected chi connectivity index (χ4v) is 3.23. The van der Waals surface area contributed by atoms with Gasteiger partial charge in [-0.15, -0.1) is 8.78 Å². The summed E-state index contributed by atoms with van der Waals surface area (Å²) in [5.41, 5.74) is -1.90. The fraction of sp³-hybridized carbons (Fsp3) is 0.250. The molecule has 0 atom stereocenters. The second kappa shape index (κ2) is 7.55. The number of pyridine rings is 1. The number of aromatic amines is 1. The summed E-state index contributed by atoms with van der Waals surface area (Å²) in [4.78, 5) is 11.8. The first-order chi connectivity index (χ1) is 12.4. The van der Waals surface area contributed by atoms with E-state index in [4.69, 9.17) is 21.1 Å². The summed E-state index contributed by atoms with van der Waals surface area (Å²) in [7, 11) is 3.10. The lowest BCUT2D eigenvalue weighted by Gasteiger charge is -2.10. The summed E-state index contributed by atoms with van der Waals surface area (Å²) in [5.74, 6) is 1.55. The highest BCUT2D eigenvalue weighted by Gasteiger charge is 2.27. The molecule has 0 unspecified atom stereocenters. The van der Waals surface area contributed by atoms with Crippen molar-refractivity contribution in [1.82, 2.24) is 15.0 Å². The number of thioether (sulfide) groups is 1. The van der Waals surface area contributed by atoms with Gasteiger partial charge in [0.25, 0.3) is 0 Å². The minimum absolute atomic E-state index is 0.0725. The Bertz CT molecular complexity index is 917. The Hall–Kier alpha value is -2.26. The molecule has 6 nitrogen and oxygen atoms in total. The van der Waals surface area contributed by atoms with Crippen molar-refractivity contribution in [2.24, 2.45) is 0 Å². The lowest BCUT2D eigenvalue weighted by molar-refractivity contribution is -0.0964. The normalized spacial score (nSPS) is 11.6. The number of hydrogen-bond acceptors (Lipinski definition) is 6. The molecule has 3 rings (SSSR count). The maximum atomic E-state index is 12.7. The summed E-state index contributed by atoms with van der Waals surface area (Å²) in [6, 6.07) is 6.07. The number of benzene rings is 1. The molecule has 0 aliphatic carbocycles. The molecule has 3 aromatic rings. The van der Waals surface area contributed by atoms with Gasteiger partial charge >= 0.3 is 5.57 Å². The van der Waals surface area contributed by atoms with Crippen LogP contribution in [0.25, 0.3) is 11.0 Å². The van der Waals surface area contributed by atoms with Gasteiger partial charge < -0.3 is 19.2 Å². The number of methoxy groups -OCH3 is 2. The van der Waals surface area contributed by atoms with Crippen LogP contribution in [-0.4, -0.2) is 34.7 Å². The molecule has 0 bridgehead atoms. The highest BCUT2D eigenvalue weighted by Crippen LogP contribution is 2.33. The first-order valence-corrected chi connectivity index (χ1v) is 8.70. The van der Waals surface area contributed by atoms with E-state index in [9.17, 15) is 8.78 Å². The second-order valence-electron chi connectivity index (χ2n) is 5.05. The number of alkyl halides is 3. The number of fused-ring (bicyclic) bond motifs is 1. The first-order valence-electron chi connectivity index (χ1n) is 7.34. The quantitative estimate of drug-likeness (QED) is 0.466. The summed E-state index contributed by atoms with van der Waals surface area (Å²) in [6.07, 6.45) is 1.63. The minimum Gasteiger partial charge on any atom is -0.493 e. The van der Waals surface area contributed by atoms with Crippen LogP contribution >= 0.6 is 23.4 Å². The lowest BCUT2D eigenvalue weighted by atomic mass is 10.3. The van der Waals surface area contributed by atoms with Gasteiger partial charge in [0.05, 0.1) is 30.9 Å². The van der Waals surface area contributed by atoms with Crippen molar-refractivity contribution >= 4 is 34.4 Å². The molecular weight excluding hydrogens is 388 g/mol. The molecule has 26 heavy (non-hydrogen) atoms. The Morgan fingerprint density at radius 2 is 2.04 bits per heavy atom. The Morgan fingerprint density at radius 3 is 2.73 bits per heavy atom. The van der Waals surface area contributed by atoms with Crippen LogP contribution in [0.3, 0.4) is 0 Å². The van der Waals surface area contributed by atoms with Gasteiger partial charge in [-0.3, -0.25) is 4.98 Å². The van der Waals surface area contributed by atoms with Crippen molar-refractivity contribution in [3.8, 4) is 17.2 Å². The van der Waals surface area contributed by atoms with Crippen LogP contribution in [0.4, 0.5) is 8.78 Å². The van der Waals surface area contributed by atoms with E-state index in [0.717, 1.165) is 0 Å². The van der Waals surface area contributed by atoms with Crippen LogP contribution in [0.5, 0.6) is 17.2 Å². The predicted molar refractivity (Wildman–Crippen MR) is 94.4 cm³/mol. The molecule has 0 saturated carbocycles. The van der Waals surface area contributed by atoms with Crippen molar-refractivity contribution in [2.45, 2.75) is 16.5 Å². The number of rotatable bonds is 7. The molecule has 0 aliphatic rings. The van der Waals surface area contributed by atoms with Crippen LogP contribution in [0.15, 0.2) is 35.6 Å². The number of H-pyrrole nitrogens is 1. The second-order valence-corrected chi connectivity index (χ2v) is 6.45. The molecule has 0 saturated heterocycles. The van der Waals surface area contributed by atoms with E-state index >= 15 is 0 Å². The van der Waals surface area contributed by atoms with Crippen molar-refractivity contribution in [2.75, 3.05) is 14.2 Å². The number of ether oxygens (including phenoxy) is 3. The van der Waals surface area contributed by atoms with Crippen LogP contribution in [0.1, 0.15) is 5.69 Å². The molecule has 1 N–H and O–H groups in total. The van der Waals surface area contributed by atoms with E-state index in [0.29, 0.717) is 39.1 Å². The Morgan fingerprint density at radius 1 is 1.23 bits per heavy atom. The van der Waals surface area contributed by atoms with Crippen LogP contribution in [0, 0.1) is 0 Å².